The Kier molecular flexibility index (Phi) is 5.72. The lowest BCUT2D eigenvalue weighted by Gasteiger charge is -2.33. The zero-order chi connectivity index (χ0) is 20.5. The smallest absolute Gasteiger partial charge is 0.349 e. The molecule has 1 saturated carbocycles. The molecule has 0 atom stereocenters. The van der Waals surface area contributed by atoms with Crippen molar-refractivity contribution in [1.29, 1.82) is 0 Å². The SMILES string of the molecule is CCN(C(=O)COC(=O)c1sc2nc3n(c(=O)c2c1C)CCC3)C1CCCCC1. The summed E-state index contributed by atoms with van der Waals surface area (Å²) in [4.78, 5) is 45.4. The van der Waals surface area contributed by atoms with Crippen LogP contribution in [0.2, 0.25) is 0 Å². The zero-order valence-electron chi connectivity index (χ0n) is 17.0. The summed E-state index contributed by atoms with van der Waals surface area (Å²) >= 11 is 1.18. The van der Waals surface area contributed by atoms with Crippen LogP contribution in [0.25, 0.3) is 10.2 Å². The lowest BCUT2D eigenvalue weighted by molar-refractivity contribution is -0.137. The number of hydrogen-bond donors (Lipinski definition) is 0. The van der Waals surface area contributed by atoms with Gasteiger partial charge in [-0.05, 0) is 38.7 Å². The number of aromatic nitrogens is 2. The van der Waals surface area contributed by atoms with Crippen LogP contribution < -0.4 is 5.56 Å². The Morgan fingerprint density at radius 2 is 2.00 bits per heavy atom. The minimum atomic E-state index is -0.553. The number of fused-ring (bicyclic) bond motifs is 2. The van der Waals surface area contributed by atoms with E-state index in [1.54, 1.807) is 11.5 Å². The molecule has 3 heterocycles. The van der Waals surface area contributed by atoms with E-state index in [0.717, 1.165) is 44.3 Å². The molecule has 0 aromatic carbocycles. The van der Waals surface area contributed by atoms with Crippen LogP contribution in [-0.2, 0) is 22.5 Å². The minimum absolute atomic E-state index is 0.0826. The zero-order valence-corrected chi connectivity index (χ0v) is 17.8. The summed E-state index contributed by atoms with van der Waals surface area (Å²) in [6.45, 7) is 4.75. The van der Waals surface area contributed by atoms with E-state index in [9.17, 15) is 14.4 Å². The predicted molar refractivity (Wildman–Crippen MR) is 111 cm³/mol. The van der Waals surface area contributed by atoms with E-state index in [-0.39, 0.29) is 24.1 Å². The van der Waals surface area contributed by atoms with Gasteiger partial charge in [0.2, 0.25) is 0 Å². The molecule has 29 heavy (non-hydrogen) atoms. The largest absolute Gasteiger partial charge is 0.451 e. The van der Waals surface area contributed by atoms with Crippen LogP contribution in [0.4, 0.5) is 0 Å². The summed E-state index contributed by atoms with van der Waals surface area (Å²) in [6, 6.07) is 0.248. The molecule has 4 rings (SSSR count). The lowest BCUT2D eigenvalue weighted by Crippen LogP contribution is -2.43. The Morgan fingerprint density at radius 1 is 1.24 bits per heavy atom. The fourth-order valence-electron chi connectivity index (χ4n) is 4.58. The Morgan fingerprint density at radius 3 is 2.72 bits per heavy atom. The molecule has 0 saturated heterocycles. The fourth-order valence-corrected chi connectivity index (χ4v) is 5.66. The molecule has 1 amide bonds. The van der Waals surface area contributed by atoms with Gasteiger partial charge in [-0.2, -0.15) is 0 Å². The number of ether oxygens (including phenoxy) is 1. The fraction of sp³-hybridized carbons (Fsp3) is 0.619. The molecule has 2 aliphatic rings. The number of amides is 1. The summed E-state index contributed by atoms with van der Waals surface area (Å²) in [5.74, 6) is 0.0803. The minimum Gasteiger partial charge on any atom is -0.451 e. The van der Waals surface area contributed by atoms with Gasteiger partial charge in [0.25, 0.3) is 11.5 Å². The van der Waals surface area contributed by atoms with E-state index < -0.39 is 5.97 Å². The lowest BCUT2D eigenvalue weighted by atomic mass is 9.94. The highest BCUT2D eigenvalue weighted by molar-refractivity contribution is 7.20. The molecule has 0 radical (unpaired) electrons. The van der Waals surface area contributed by atoms with Gasteiger partial charge < -0.3 is 9.64 Å². The van der Waals surface area contributed by atoms with Crippen molar-refractivity contribution in [2.45, 2.75) is 71.4 Å². The first-order chi connectivity index (χ1) is 14.0. The summed E-state index contributed by atoms with van der Waals surface area (Å²) in [5, 5.41) is 0.497. The Labute approximate surface area is 173 Å². The van der Waals surface area contributed by atoms with Gasteiger partial charge >= 0.3 is 5.97 Å². The Hall–Kier alpha value is -2.22. The first-order valence-corrected chi connectivity index (χ1v) is 11.3. The summed E-state index contributed by atoms with van der Waals surface area (Å²) in [5.41, 5.74) is 0.516. The molecule has 2 aromatic rings. The second-order valence-corrected chi connectivity index (χ2v) is 8.87. The van der Waals surface area contributed by atoms with E-state index in [2.05, 4.69) is 4.98 Å². The van der Waals surface area contributed by atoms with Crippen molar-refractivity contribution >= 4 is 33.4 Å². The highest BCUT2D eigenvalue weighted by atomic mass is 32.1. The maximum absolute atomic E-state index is 12.8. The average Bonchev–Trinajstić information content (AvgIpc) is 3.32. The predicted octanol–water partition coefficient (Wildman–Crippen LogP) is 3.05. The maximum atomic E-state index is 12.8. The van der Waals surface area contributed by atoms with E-state index in [1.165, 1.54) is 17.8 Å². The third-order valence-electron chi connectivity index (χ3n) is 6.10. The monoisotopic (exact) mass is 417 g/mol. The van der Waals surface area contributed by atoms with E-state index in [1.807, 2.05) is 11.8 Å². The third-order valence-corrected chi connectivity index (χ3v) is 7.27. The van der Waals surface area contributed by atoms with Crippen LogP contribution in [0.3, 0.4) is 0 Å². The van der Waals surface area contributed by atoms with Crippen molar-refractivity contribution in [1.82, 2.24) is 14.5 Å². The Balaban J connectivity index is 1.49. The van der Waals surface area contributed by atoms with Crippen LogP contribution in [-0.4, -0.2) is 45.5 Å². The normalized spacial score (nSPS) is 16.8. The highest BCUT2D eigenvalue weighted by Crippen LogP contribution is 2.29. The summed E-state index contributed by atoms with van der Waals surface area (Å²) in [6.07, 6.45) is 7.24. The number of carbonyl (C=O) groups excluding carboxylic acids is 2. The van der Waals surface area contributed by atoms with Crippen molar-refractivity contribution in [3.05, 3.63) is 26.6 Å². The molecule has 2 aromatic heterocycles. The number of rotatable bonds is 5. The number of esters is 1. The van der Waals surface area contributed by atoms with Gasteiger partial charge in [-0.25, -0.2) is 9.78 Å². The summed E-state index contributed by atoms with van der Waals surface area (Å²) < 4.78 is 7.06. The second-order valence-electron chi connectivity index (χ2n) is 7.87. The molecule has 1 aliphatic carbocycles. The van der Waals surface area contributed by atoms with E-state index >= 15 is 0 Å². The molecular formula is C21H27N3O4S. The molecule has 8 heteroatoms. The number of carbonyl (C=O) groups is 2. The highest BCUT2D eigenvalue weighted by Gasteiger charge is 2.27. The number of likely N-dealkylation sites (N-methyl/N-ethyl adjacent to an activating group) is 1. The van der Waals surface area contributed by atoms with Crippen LogP contribution in [0, 0.1) is 6.92 Å². The standard InChI is InChI=1S/C21H27N3O4S/c1-3-23(14-8-5-4-6-9-14)16(25)12-28-21(27)18-13(2)17-19(29-18)22-15-10-7-11-24(15)20(17)26/h14H,3-12H2,1-2H3. The van der Waals surface area contributed by atoms with Gasteiger partial charge in [-0.15, -0.1) is 11.3 Å². The van der Waals surface area contributed by atoms with E-state index in [4.69, 9.17) is 4.74 Å². The van der Waals surface area contributed by atoms with Crippen molar-refractivity contribution in [2.75, 3.05) is 13.2 Å². The first-order valence-electron chi connectivity index (χ1n) is 10.5. The van der Waals surface area contributed by atoms with Gasteiger partial charge in [-0.3, -0.25) is 14.2 Å². The molecule has 1 aliphatic heterocycles. The number of aryl methyl sites for hydroxylation is 2. The number of nitrogens with zero attached hydrogens (tertiary/aromatic N) is 3. The molecule has 0 unspecified atom stereocenters. The molecule has 1 fully saturated rings. The molecule has 156 valence electrons. The topological polar surface area (TPSA) is 81.5 Å². The summed E-state index contributed by atoms with van der Waals surface area (Å²) in [7, 11) is 0. The number of hydrogen-bond acceptors (Lipinski definition) is 6. The Bertz CT molecular complexity index is 1000. The van der Waals surface area contributed by atoms with Gasteiger partial charge in [-0.1, -0.05) is 19.3 Å². The van der Waals surface area contributed by atoms with Gasteiger partial charge in [0.05, 0.1) is 5.39 Å². The van der Waals surface area contributed by atoms with E-state index in [0.29, 0.717) is 33.7 Å². The van der Waals surface area contributed by atoms with Gasteiger partial charge in [0.1, 0.15) is 15.5 Å². The van der Waals surface area contributed by atoms with Crippen molar-refractivity contribution in [3.8, 4) is 0 Å². The maximum Gasteiger partial charge on any atom is 0.349 e. The number of thiophene rings is 1. The first kappa shape index (κ1) is 20.1. The van der Waals surface area contributed by atoms with Crippen LogP contribution >= 0.6 is 11.3 Å². The average molecular weight is 418 g/mol. The van der Waals surface area contributed by atoms with Crippen LogP contribution in [0.1, 0.15) is 66.5 Å². The second kappa shape index (κ2) is 8.26. The third kappa shape index (κ3) is 3.70. The van der Waals surface area contributed by atoms with Crippen molar-refractivity contribution in [3.63, 3.8) is 0 Å². The molecule has 0 N–H and O–H groups in total. The van der Waals surface area contributed by atoms with Gasteiger partial charge in [0, 0.05) is 25.6 Å². The quantitative estimate of drug-likeness (QED) is 0.699. The molecule has 0 bridgehead atoms. The van der Waals surface area contributed by atoms with Crippen molar-refractivity contribution < 1.29 is 14.3 Å². The molecular weight excluding hydrogens is 390 g/mol. The molecule has 0 spiro atoms. The molecule has 7 nitrogen and oxygen atoms in total. The van der Waals surface area contributed by atoms with Crippen LogP contribution in [0.5, 0.6) is 0 Å². The van der Waals surface area contributed by atoms with Crippen LogP contribution in [0.15, 0.2) is 4.79 Å². The van der Waals surface area contributed by atoms with Gasteiger partial charge in [0.15, 0.2) is 6.61 Å². The van der Waals surface area contributed by atoms with Crippen molar-refractivity contribution in [2.24, 2.45) is 0 Å².